The molecule has 0 saturated heterocycles. The van der Waals surface area contributed by atoms with Crippen LogP contribution in [0.5, 0.6) is 0 Å². The van der Waals surface area contributed by atoms with Crippen LogP contribution in [0, 0.1) is 0 Å². The second kappa shape index (κ2) is 46.9. The number of unbranched alkanes of at least 4 members (excludes halogenated alkanes) is 27. The van der Waals surface area contributed by atoms with Gasteiger partial charge in [-0.1, -0.05) is 230 Å². The maximum atomic E-state index is 13.1. The maximum absolute atomic E-state index is 13.1. The van der Waals surface area contributed by atoms with Crippen molar-refractivity contribution in [1.82, 2.24) is 5.32 Å². The van der Waals surface area contributed by atoms with Crippen LogP contribution >= 0.6 is 0 Å². The van der Waals surface area contributed by atoms with Gasteiger partial charge >= 0.3 is 5.97 Å². The van der Waals surface area contributed by atoms with E-state index >= 15 is 0 Å². The van der Waals surface area contributed by atoms with Gasteiger partial charge in [-0.15, -0.1) is 0 Å². The molecular formula is C53H97NO5. The van der Waals surface area contributed by atoms with Gasteiger partial charge in [-0.05, 0) is 57.4 Å². The number of carbonyl (C=O) groups excluding carboxylic acids is 2. The topological polar surface area (TPSA) is 95.9 Å². The van der Waals surface area contributed by atoms with E-state index in [0.29, 0.717) is 19.3 Å². The Labute approximate surface area is 366 Å². The molecular weight excluding hydrogens is 731 g/mol. The van der Waals surface area contributed by atoms with Crippen molar-refractivity contribution < 1.29 is 24.5 Å². The molecule has 59 heavy (non-hydrogen) atoms. The van der Waals surface area contributed by atoms with Crippen molar-refractivity contribution in [2.24, 2.45) is 0 Å². The number of hydrogen-bond acceptors (Lipinski definition) is 5. The second-order valence-electron chi connectivity index (χ2n) is 17.2. The third-order valence-corrected chi connectivity index (χ3v) is 11.4. The highest BCUT2D eigenvalue weighted by molar-refractivity contribution is 5.78. The van der Waals surface area contributed by atoms with Gasteiger partial charge < -0.3 is 20.3 Å². The van der Waals surface area contributed by atoms with Crippen LogP contribution in [0.15, 0.2) is 48.6 Å². The predicted octanol–water partition coefficient (Wildman–Crippen LogP) is 15.1. The monoisotopic (exact) mass is 828 g/mol. The maximum Gasteiger partial charge on any atom is 0.306 e. The summed E-state index contributed by atoms with van der Waals surface area (Å²) in [6.07, 6.45) is 56.4. The van der Waals surface area contributed by atoms with Crippen LogP contribution in [0.4, 0.5) is 0 Å². The summed E-state index contributed by atoms with van der Waals surface area (Å²) in [5, 5.41) is 23.7. The number of aliphatic hydroxyl groups is 2. The summed E-state index contributed by atoms with van der Waals surface area (Å²) in [6.45, 7) is 6.42. The molecule has 6 nitrogen and oxygen atoms in total. The molecule has 1 amide bonds. The van der Waals surface area contributed by atoms with Gasteiger partial charge in [0.15, 0.2) is 0 Å². The molecule has 0 aromatic carbocycles. The molecule has 0 aromatic rings. The molecule has 344 valence electrons. The standard InChI is InChI=1S/C53H97NO5/c1-4-7-10-13-16-19-22-24-25-26-28-30-33-36-39-42-45-51(56)50(48-55)54-52(57)47-49(44-41-38-35-32-29-21-18-15-12-9-6-3)59-53(58)46-43-40-37-34-31-27-23-20-17-14-11-8-5-2/h27,31-32,35,37,40-41,44,49-51,55-56H,4-26,28-30,33-34,36,38-39,42-43,45-48H2,1-3H3,(H,54,57)/b31-27-,35-32-,40-37+,44-41+. The third-order valence-electron chi connectivity index (χ3n) is 11.4. The molecule has 0 rings (SSSR count). The second-order valence-corrected chi connectivity index (χ2v) is 17.2. The molecule has 0 heterocycles. The normalized spacial score (nSPS) is 13.6. The van der Waals surface area contributed by atoms with Gasteiger partial charge in [-0.3, -0.25) is 9.59 Å². The van der Waals surface area contributed by atoms with E-state index in [1.807, 2.05) is 12.2 Å². The van der Waals surface area contributed by atoms with Crippen LogP contribution in [0.3, 0.4) is 0 Å². The molecule has 0 aliphatic rings. The lowest BCUT2D eigenvalue weighted by Crippen LogP contribution is -2.46. The summed E-state index contributed by atoms with van der Waals surface area (Å²) in [7, 11) is 0. The molecule has 0 saturated carbocycles. The average Bonchev–Trinajstić information content (AvgIpc) is 3.23. The van der Waals surface area contributed by atoms with E-state index in [9.17, 15) is 19.8 Å². The number of esters is 1. The Kier molecular flexibility index (Phi) is 45.1. The average molecular weight is 828 g/mol. The highest BCUT2D eigenvalue weighted by Crippen LogP contribution is 2.16. The van der Waals surface area contributed by atoms with Gasteiger partial charge in [0, 0.05) is 6.42 Å². The van der Waals surface area contributed by atoms with Crippen molar-refractivity contribution in [3.05, 3.63) is 48.6 Å². The number of hydrogen-bond donors (Lipinski definition) is 3. The number of ether oxygens (including phenoxy) is 1. The van der Waals surface area contributed by atoms with Gasteiger partial charge in [0.1, 0.15) is 6.10 Å². The fraction of sp³-hybridized carbons (Fsp3) is 0.811. The molecule has 0 fully saturated rings. The Morgan fingerprint density at radius 1 is 0.508 bits per heavy atom. The lowest BCUT2D eigenvalue weighted by atomic mass is 10.0. The molecule has 0 aromatic heterocycles. The molecule has 3 unspecified atom stereocenters. The molecule has 0 bridgehead atoms. The highest BCUT2D eigenvalue weighted by atomic mass is 16.5. The largest absolute Gasteiger partial charge is 0.458 e. The minimum Gasteiger partial charge on any atom is -0.458 e. The van der Waals surface area contributed by atoms with Crippen LogP contribution in [0.1, 0.15) is 252 Å². The predicted molar refractivity (Wildman–Crippen MR) is 255 cm³/mol. The van der Waals surface area contributed by atoms with E-state index in [-0.39, 0.29) is 31.3 Å². The number of nitrogens with one attached hydrogen (secondary N) is 1. The first-order chi connectivity index (χ1) is 29.0. The van der Waals surface area contributed by atoms with E-state index in [1.54, 1.807) is 6.08 Å². The van der Waals surface area contributed by atoms with Crippen LogP contribution in [0.2, 0.25) is 0 Å². The van der Waals surface area contributed by atoms with Crippen molar-refractivity contribution in [2.75, 3.05) is 6.61 Å². The van der Waals surface area contributed by atoms with E-state index in [0.717, 1.165) is 38.5 Å². The first-order valence-electron chi connectivity index (χ1n) is 25.4. The summed E-state index contributed by atoms with van der Waals surface area (Å²) in [5.41, 5.74) is 0. The molecule has 3 atom stereocenters. The summed E-state index contributed by atoms with van der Waals surface area (Å²) in [4.78, 5) is 26.0. The van der Waals surface area contributed by atoms with E-state index in [4.69, 9.17) is 4.74 Å². The zero-order valence-corrected chi connectivity index (χ0v) is 39.1. The SMILES string of the molecule is CCCCCCCC/C=C\C/C=C/CCC(=O)OC(/C=C/C/C=C\CCCCCCCC)CC(=O)NC(CO)C(O)CCCCCCCCCCCCCCCCCC. The van der Waals surface area contributed by atoms with E-state index in [2.05, 4.69) is 56.5 Å². The number of amides is 1. The van der Waals surface area contributed by atoms with Gasteiger partial charge in [-0.25, -0.2) is 0 Å². The van der Waals surface area contributed by atoms with Crippen molar-refractivity contribution in [3.8, 4) is 0 Å². The number of rotatable bonds is 45. The van der Waals surface area contributed by atoms with Crippen molar-refractivity contribution in [2.45, 2.75) is 270 Å². The van der Waals surface area contributed by atoms with Crippen molar-refractivity contribution in [1.29, 1.82) is 0 Å². The molecule has 0 spiro atoms. The first-order valence-corrected chi connectivity index (χ1v) is 25.4. The smallest absolute Gasteiger partial charge is 0.306 e. The first kappa shape index (κ1) is 56.8. The van der Waals surface area contributed by atoms with Crippen molar-refractivity contribution >= 4 is 11.9 Å². The Balaban J connectivity index is 4.63. The van der Waals surface area contributed by atoms with E-state index < -0.39 is 18.2 Å². The quantitative estimate of drug-likeness (QED) is 0.0323. The summed E-state index contributed by atoms with van der Waals surface area (Å²) in [5.74, 6) is -0.680. The fourth-order valence-electron chi connectivity index (χ4n) is 7.51. The van der Waals surface area contributed by atoms with Gasteiger partial charge in [-0.2, -0.15) is 0 Å². The Morgan fingerprint density at radius 3 is 1.34 bits per heavy atom. The van der Waals surface area contributed by atoms with Crippen LogP contribution in [-0.2, 0) is 14.3 Å². The van der Waals surface area contributed by atoms with Gasteiger partial charge in [0.25, 0.3) is 0 Å². The molecule has 0 aliphatic carbocycles. The van der Waals surface area contributed by atoms with Crippen LogP contribution in [-0.4, -0.2) is 46.9 Å². The Morgan fingerprint density at radius 2 is 0.898 bits per heavy atom. The summed E-state index contributed by atoms with van der Waals surface area (Å²) < 4.78 is 5.78. The number of carbonyl (C=O) groups is 2. The van der Waals surface area contributed by atoms with Crippen molar-refractivity contribution in [3.63, 3.8) is 0 Å². The fourth-order valence-corrected chi connectivity index (χ4v) is 7.51. The Bertz CT molecular complexity index is 1020. The van der Waals surface area contributed by atoms with E-state index in [1.165, 1.54) is 161 Å². The molecule has 0 radical (unpaired) electrons. The summed E-state index contributed by atoms with van der Waals surface area (Å²) >= 11 is 0. The molecule has 3 N–H and O–H groups in total. The van der Waals surface area contributed by atoms with Gasteiger partial charge in [0.2, 0.25) is 5.91 Å². The van der Waals surface area contributed by atoms with Gasteiger partial charge in [0.05, 0.1) is 25.2 Å². The number of aliphatic hydroxyl groups excluding tert-OH is 2. The lowest BCUT2D eigenvalue weighted by Gasteiger charge is -2.23. The Hall–Kier alpha value is -2.18. The third kappa shape index (κ3) is 42.3. The zero-order valence-electron chi connectivity index (χ0n) is 39.1. The van der Waals surface area contributed by atoms with Crippen LogP contribution in [0.25, 0.3) is 0 Å². The summed E-state index contributed by atoms with van der Waals surface area (Å²) in [6, 6.07) is -0.742. The highest BCUT2D eigenvalue weighted by Gasteiger charge is 2.23. The molecule has 6 heteroatoms. The minimum absolute atomic E-state index is 0.0504. The van der Waals surface area contributed by atoms with Crippen LogP contribution < -0.4 is 5.32 Å². The lowest BCUT2D eigenvalue weighted by molar-refractivity contribution is -0.148. The number of allylic oxidation sites excluding steroid dienone is 7. The zero-order chi connectivity index (χ0) is 43.1. The minimum atomic E-state index is -0.818. The molecule has 0 aliphatic heterocycles.